The Balaban J connectivity index is 2.03. The van der Waals surface area contributed by atoms with Crippen molar-refractivity contribution in [2.75, 3.05) is 7.05 Å². The molecule has 0 heterocycles. The van der Waals surface area contributed by atoms with Crippen molar-refractivity contribution in [3.63, 3.8) is 0 Å². The van der Waals surface area contributed by atoms with Crippen molar-refractivity contribution in [3.05, 3.63) is 64.7 Å². The zero-order chi connectivity index (χ0) is 16.8. The first-order chi connectivity index (χ1) is 11.0. The van der Waals surface area contributed by atoms with Crippen LogP contribution in [-0.2, 0) is 11.3 Å². The van der Waals surface area contributed by atoms with E-state index in [-0.39, 0.29) is 5.91 Å². The predicted octanol–water partition coefficient (Wildman–Crippen LogP) is 4.46. The minimum atomic E-state index is -0.478. The van der Waals surface area contributed by atoms with Gasteiger partial charge in [0.2, 0.25) is 0 Å². The Kier molecular flexibility index (Phi) is 6.05. The summed E-state index contributed by atoms with van der Waals surface area (Å²) in [5, 5.41) is 0.692. The Bertz CT molecular complexity index is 655. The standard InChI is InChI=1S/C19H22ClNO2/c1-4-17(23-18-8-6-5-7-14(18)2)19(22)21(3)13-15-9-11-16(20)12-10-15/h5-12,17H,4,13H2,1-3H3. The molecule has 4 heteroatoms. The average molecular weight is 332 g/mol. The molecule has 0 aliphatic carbocycles. The molecule has 0 aliphatic rings. The van der Waals surface area contributed by atoms with E-state index in [2.05, 4.69) is 0 Å². The van der Waals surface area contributed by atoms with E-state index in [9.17, 15) is 4.79 Å². The Labute approximate surface area is 142 Å². The molecule has 2 aromatic carbocycles. The van der Waals surface area contributed by atoms with Crippen LogP contribution in [0.25, 0.3) is 0 Å². The summed E-state index contributed by atoms with van der Waals surface area (Å²) in [6, 6.07) is 15.3. The molecule has 0 saturated carbocycles. The molecule has 1 atom stereocenters. The second kappa shape index (κ2) is 8.02. The van der Waals surface area contributed by atoms with E-state index in [0.29, 0.717) is 18.0 Å². The molecule has 2 rings (SSSR count). The Hall–Kier alpha value is -2.00. The molecule has 23 heavy (non-hydrogen) atoms. The van der Waals surface area contributed by atoms with E-state index < -0.39 is 6.10 Å². The van der Waals surface area contributed by atoms with Gasteiger partial charge in [0, 0.05) is 18.6 Å². The third-order valence-corrected chi connectivity index (χ3v) is 3.97. The SMILES string of the molecule is CCC(Oc1ccccc1C)C(=O)N(C)Cc1ccc(Cl)cc1. The fourth-order valence-electron chi connectivity index (χ4n) is 2.34. The summed E-state index contributed by atoms with van der Waals surface area (Å²) < 4.78 is 5.92. The minimum Gasteiger partial charge on any atom is -0.480 e. The Morgan fingerprint density at radius 3 is 2.43 bits per heavy atom. The quantitative estimate of drug-likeness (QED) is 0.782. The average Bonchev–Trinajstić information content (AvgIpc) is 2.55. The van der Waals surface area contributed by atoms with Gasteiger partial charge in [-0.25, -0.2) is 0 Å². The summed E-state index contributed by atoms with van der Waals surface area (Å²) in [7, 11) is 1.79. The van der Waals surface area contributed by atoms with Crippen molar-refractivity contribution in [2.24, 2.45) is 0 Å². The number of aryl methyl sites for hydroxylation is 1. The smallest absolute Gasteiger partial charge is 0.263 e. The number of carbonyl (C=O) groups excluding carboxylic acids is 1. The predicted molar refractivity (Wildman–Crippen MR) is 93.8 cm³/mol. The third kappa shape index (κ3) is 4.73. The van der Waals surface area contributed by atoms with E-state index >= 15 is 0 Å². The third-order valence-electron chi connectivity index (χ3n) is 3.72. The van der Waals surface area contributed by atoms with Crippen LogP contribution in [0.15, 0.2) is 48.5 Å². The van der Waals surface area contributed by atoms with E-state index in [1.807, 2.05) is 62.4 Å². The number of para-hydroxylation sites is 1. The largest absolute Gasteiger partial charge is 0.480 e. The summed E-state index contributed by atoms with van der Waals surface area (Å²) in [5.74, 6) is 0.735. The number of hydrogen-bond donors (Lipinski definition) is 0. The molecule has 0 aliphatic heterocycles. The molecular weight excluding hydrogens is 310 g/mol. The first kappa shape index (κ1) is 17.4. The van der Waals surface area contributed by atoms with E-state index in [4.69, 9.17) is 16.3 Å². The maximum Gasteiger partial charge on any atom is 0.263 e. The van der Waals surface area contributed by atoms with Gasteiger partial charge in [0.15, 0.2) is 6.10 Å². The molecule has 2 aromatic rings. The number of nitrogens with zero attached hydrogens (tertiary/aromatic N) is 1. The molecular formula is C19H22ClNO2. The van der Waals surface area contributed by atoms with E-state index in [1.165, 1.54) is 0 Å². The van der Waals surface area contributed by atoms with Gasteiger partial charge in [0.25, 0.3) is 5.91 Å². The van der Waals surface area contributed by atoms with Crippen LogP contribution in [0.4, 0.5) is 0 Å². The molecule has 0 bridgehead atoms. The van der Waals surface area contributed by atoms with Gasteiger partial charge < -0.3 is 9.64 Å². The van der Waals surface area contributed by atoms with Crippen molar-refractivity contribution in [1.82, 2.24) is 4.90 Å². The van der Waals surface area contributed by atoms with Gasteiger partial charge in [0.1, 0.15) is 5.75 Å². The maximum absolute atomic E-state index is 12.6. The van der Waals surface area contributed by atoms with Crippen LogP contribution in [0.5, 0.6) is 5.75 Å². The van der Waals surface area contributed by atoms with Gasteiger partial charge in [-0.05, 0) is 42.7 Å². The fourth-order valence-corrected chi connectivity index (χ4v) is 2.46. The lowest BCUT2D eigenvalue weighted by Gasteiger charge is -2.24. The number of hydrogen-bond acceptors (Lipinski definition) is 2. The van der Waals surface area contributed by atoms with Gasteiger partial charge in [0.05, 0.1) is 0 Å². The summed E-state index contributed by atoms with van der Waals surface area (Å²) in [6.07, 6.45) is 0.145. The van der Waals surface area contributed by atoms with Crippen LogP contribution in [0.1, 0.15) is 24.5 Å². The van der Waals surface area contributed by atoms with E-state index in [1.54, 1.807) is 11.9 Å². The Morgan fingerprint density at radius 1 is 1.17 bits per heavy atom. The maximum atomic E-state index is 12.6. The molecule has 3 nitrogen and oxygen atoms in total. The van der Waals surface area contributed by atoms with Crippen molar-refractivity contribution >= 4 is 17.5 Å². The number of ether oxygens (including phenoxy) is 1. The molecule has 0 radical (unpaired) electrons. The van der Waals surface area contributed by atoms with Gasteiger partial charge in [-0.2, -0.15) is 0 Å². The molecule has 0 aromatic heterocycles. The number of rotatable bonds is 6. The number of amides is 1. The molecule has 122 valence electrons. The Morgan fingerprint density at radius 2 is 1.83 bits per heavy atom. The van der Waals surface area contributed by atoms with Crippen LogP contribution >= 0.6 is 11.6 Å². The number of benzene rings is 2. The second-order valence-electron chi connectivity index (χ2n) is 5.60. The minimum absolute atomic E-state index is 0.0225. The highest BCUT2D eigenvalue weighted by Crippen LogP contribution is 2.20. The molecule has 0 N–H and O–H groups in total. The van der Waals surface area contributed by atoms with Crippen molar-refractivity contribution in [3.8, 4) is 5.75 Å². The molecule has 0 saturated heterocycles. The highest BCUT2D eigenvalue weighted by molar-refractivity contribution is 6.30. The number of halogens is 1. The van der Waals surface area contributed by atoms with Crippen molar-refractivity contribution < 1.29 is 9.53 Å². The molecule has 1 amide bonds. The number of likely N-dealkylation sites (N-methyl/N-ethyl adjacent to an activating group) is 1. The lowest BCUT2D eigenvalue weighted by atomic mass is 10.2. The van der Waals surface area contributed by atoms with Crippen LogP contribution in [0, 0.1) is 6.92 Å². The van der Waals surface area contributed by atoms with Crippen molar-refractivity contribution in [2.45, 2.75) is 32.9 Å². The highest BCUT2D eigenvalue weighted by Gasteiger charge is 2.22. The van der Waals surface area contributed by atoms with Gasteiger partial charge in [-0.1, -0.05) is 48.9 Å². The second-order valence-corrected chi connectivity index (χ2v) is 6.04. The zero-order valence-electron chi connectivity index (χ0n) is 13.8. The summed E-state index contributed by atoms with van der Waals surface area (Å²) in [6.45, 7) is 4.46. The topological polar surface area (TPSA) is 29.5 Å². The summed E-state index contributed by atoms with van der Waals surface area (Å²) in [4.78, 5) is 14.3. The lowest BCUT2D eigenvalue weighted by Crippen LogP contribution is -2.39. The first-order valence-corrected chi connectivity index (χ1v) is 8.10. The lowest BCUT2D eigenvalue weighted by molar-refractivity contribution is -0.138. The normalized spacial score (nSPS) is 11.8. The van der Waals surface area contributed by atoms with Crippen LogP contribution in [0.3, 0.4) is 0 Å². The summed E-state index contributed by atoms with van der Waals surface area (Å²) in [5.41, 5.74) is 2.06. The molecule has 1 unspecified atom stereocenters. The monoisotopic (exact) mass is 331 g/mol. The highest BCUT2D eigenvalue weighted by atomic mass is 35.5. The van der Waals surface area contributed by atoms with Gasteiger partial charge >= 0.3 is 0 Å². The molecule has 0 spiro atoms. The number of carbonyl (C=O) groups is 1. The molecule has 0 fully saturated rings. The van der Waals surface area contributed by atoms with Gasteiger partial charge in [-0.15, -0.1) is 0 Å². The van der Waals surface area contributed by atoms with Gasteiger partial charge in [-0.3, -0.25) is 4.79 Å². The van der Waals surface area contributed by atoms with Crippen molar-refractivity contribution in [1.29, 1.82) is 0 Å². The van der Waals surface area contributed by atoms with E-state index in [0.717, 1.165) is 16.9 Å². The van der Waals surface area contributed by atoms with Crippen LogP contribution < -0.4 is 4.74 Å². The summed E-state index contributed by atoms with van der Waals surface area (Å²) >= 11 is 5.89. The first-order valence-electron chi connectivity index (χ1n) is 7.73. The fraction of sp³-hybridized carbons (Fsp3) is 0.316. The zero-order valence-corrected chi connectivity index (χ0v) is 14.5. The van der Waals surface area contributed by atoms with Crippen LogP contribution in [0.2, 0.25) is 5.02 Å². The van der Waals surface area contributed by atoms with Crippen LogP contribution in [-0.4, -0.2) is 24.0 Å².